The number of para-hydroxylation sites is 2. The highest BCUT2D eigenvalue weighted by molar-refractivity contribution is 6.20. The average molecular weight is 811 g/mol. The third kappa shape index (κ3) is 6.88. The standard InChI is InChI=1S/C55H50N5O/c1-37-29-51(56-35-48(37)38-17-10-8-11-18-38)60-50-34-45(25-26-47(50)52-53(60)46-23-14-15-24-49(46)59(52)41-19-12-9-13-20-41)61-44-22-16-21-42(33-44)57-27-28-58(36-57)43-31-39(54(2,3)4)30-40(32-43)55(5,6)7/h8-36H,1-7H3/q+1/i1D3,8D,10D,11D,16D,17D,18D,21D,22D,29D,33D,35D. The van der Waals surface area contributed by atoms with Crippen LogP contribution in [-0.4, -0.2) is 18.7 Å². The molecule has 0 saturated carbocycles. The van der Waals surface area contributed by atoms with Crippen LogP contribution in [0.15, 0.2) is 176 Å². The molecule has 61 heavy (non-hydrogen) atoms. The van der Waals surface area contributed by atoms with Crippen molar-refractivity contribution in [3.8, 4) is 45.5 Å². The van der Waals surface area contributed by atoms with Gasteiger partial charge in [0.15, 0.2) is 0 Å². The fourth-order valence-electron chi connectivity index (χ4n) is 7.75. The van der Waals surface area contributed by atoms with Crippen molar-refractivity contribution in [1.82, 2.24) is 18.7 Å². The first-order valence-electron chi connectivity index (χ1n) is 27.0. The van der Waals surface area contributed by atoms with E-state index < -0.39 is 78.1 Å². The van der Waals surface area contributed by atoms with Crippen molar-refractivity contribution in [2.45, 2.75) is 59.2 Å². The minimum Gasteiger partial charge on any atom is -0.457 e. The molecular weight excluding hydrogens is 747 g/mol. The Morgan fingerprint density at radius 1 is 0.656 bits per heavy atom. The largest absolute Gasteiger partial charge is 0.457 e. The molecule has 10 rings (SSSR count). The maximum absolute atomic E-state index is 9.75. The summed E-state index contributed by atoms with van der Waals surface area (Å²) in [5.74, 6) is -0.585. The van der Waals surface area contributed by atoms with Crippen LogP contribution < -0.4 is 9.30 Å². The molecule has 300 valence electrons. The van der Waals surface area contributed by atoms with Crippen molar-refractivity contribution in [1.29, 1.82) is 0 Å². The van der Waals surface area contributed by atoms with E-state index in [0.29, 0.717) is 27.3 Å². The van der Waals surface area contributed by atoms with Gasteiger partial charge in [0.05, 0.1) is 37.1 Å². The van der Waals surface area contributed by atoms with Crippen LogP contribution in [-0.2, 0) is 10.8 Å². The van der Waals surface area contributed by atoms with Gasteiger partial charge in [-0.2, -0.15) is 0 Å². The summed E-state index contributed by atoms with van der Waals surface area (Å²) >= 11 is 0. The van der Waals surface area contributed by atoms with Crippen LogP contribution in [0.25, 0.3) is 66.8 Å². The molecule has 0 N–H and O–H groups in total. The molecule has 0 spiro atoms. The number of imidazole rings is 1. The predicted molar refractivity (Wildman–Crippen MR) is 250 cm³/mol. The van der Waals surface area contributed by atoms with Crippen molar-refractivity contribution in [3.05, 3.63) is 193 Å². The number of ether oxygens (including phenoxy) is 1. The smallest absolute Gasteiger partial charge is 0.254 e. The molecule has 0 amide bonds. The molecule has 10 aromatic rings. The summed E-state index contributed by atoms with van der Waals surface area (Å²) in [4.78, 5) is 4.58. The Morgan fingerprint density at radius 2 is 1.38 bits per heavy atom. The Kier molecular flexibility index (Phi) is 6.06. The minimum atomic E-state index is -3.17. The molecule has 6 aromatic carbocycles. The van der Waals surface area contributed by atoms with E-state index in [1.54, 1.807) is 41.5 Å². The fraction of sp³-hybridized carbons (Fsp3) is 0.164. The van der Waals surface area contributed by atoms with E-state index in [-0.39, 0.29) is 45.9 Å². The maximum atomic E-state index is 9.75. The van der Waals surface area contributed by atoms with E-state index in [0.717, 1.165) is 28.0 Å². The van der Waals surface area contributed by atoms with E-state index in [4.69, 9.17) is 19.8 Å². The first-order chi connectivity index (χ1) is 35.2. The van der Waals surface area contributed by atoms with Crippen LogP contribution in [0.4, 0.5) is 0 Å². The SMILES string of the molecule is [2H]c1nc(-n2c3cc(Oc4c([2H])c([2H])c([2H])c(-n5cc[n+](-c6cc(C(C)(C)C)cc(C(C)(C)C)c6)c5)c4[2H])ccc3c3c2c2ccccc2n3-c2ccccc2)c([2H])c(C([2H])([2H])[2H])c1-c1c([2H])c([2H])c([2H])c([2H])c1[2H]. The Morgan fingerprint density at radius 3 is 2.13 bits per heavy atom. The third-order valence-electron chi connectivity index (χ3n) is 10.9. The van der Waals surface area contributed by atoms with Gasteiger partial charge in [-0.25, -0.2) is 14.1 Å². The number of nitrogens with zero attached hydrogens (tertiary/aromatic N) is 5. The Hall–Kier alpha value is -7.18. The summed E-state index contributed by atoms with van der Waals surface area (Å²) in [6, 6.07) is 22.1. The van der Waals surface area contributed by atoms with Crippen molar-refractivity contribution in [2.24, 2.45) is 0 Å². The van der Waals surface area contributed by atoms with Gasteiger partial charge >= 0.3 is 0 Å². The van der Waals surface area contributed by atoms with Crippen molar-refractivity contribution >= 4 is 32.8 Å². The third-order valence-corrected chi connectivity index (χ3v) is 10.9. The molecule has 4 aromatic heterocycles. The van der Waals surface area contributed by atoms with E-state index in [9.17, 15) is 4.11 Å². The zero-order valence-corrected chi connectivity index (χ0v) is 34.5. The van der Waals surface area contributed by atoms with E-state index in [1.165, 1.54) is 4.57 Å². The van der Waals surface area contributed by atoms with Crippen molar-refractivity contribution < 1.29 is 28.5 Å². The zero-order valence-electron chi connectivity index (χ0n) is 48.5. The quantitative estimate of drug-likeness (QED) is 0.150. The Bertz CT molecular complexity index is 3950. The van der Waals surface area contributed by atoms with E-state index in [1.807, 2.05) is 63.7 Å². The lowest BCUT2D eigenvalue weighted by molar-refractivity contribution is -0.594. The summed E-state index contributed by atoms with van der Waals surface area (Å²) in [6.07, 6.45) is 4.44. The fourth-order valence-corrected chi connectivity index (χ4v) is 7.75. The first-order valence-corrected chi connectivity index (χ1v) is 20.0. The van der Waals surface area contributed by atoms with Gasteiger partial charge in [0, 0.05) is 44.4 Å². The van der Waals surface area contributed by atoms with Gasteiger partial charge in [0.25, 0.3) is 6.33 Å². The molecule has 6 heteroatoms. The number of aromatic nitrogens is 5. The summed E-state index contributed by atoms with van der Waals surface area (Å²) in [6.45, 7) is 9.71. The summed E-state index contributed by atoms with van der Waals surface area (Å²) in [5, 5.41) is 1.20. The molecular formula is C55H50N5O+. The van der Waals surface area contributed by atoms with Gasteiger partial charge in [-0.05, 0) is 101 Å². The normalized spacial score (nSPS) is 15.6. The van der Waals surface area contributed by atoms with Crippen molar-refractivity contribution in [3.63, 3.8) is 0 Å². The molecule has 0 radical (unpaired) electrons. The molecule has 4 heterocycles. The lowest BCUT2D eigenvalue weighted by Gasteiger charge is -2.25. The molecule has 0 bridgehead atoms. The van der Waals surface area contributed by atoms with Gasteiger partial charge in [0.1, 0.15) is 41.1 Å². The second-order valence-corrected chi connectivity index (χ2v) is 17.1. The van der Waals surface area contributed by atoms with Gasteiger partial charge in [-0.15, -0.1) is 0 Å². The maximum Gasteiger partial charge on any atom is 0.254 e. The van der Waals surface area contributed by atoms with Crippen molar-refractivity contribution in [2.75, 3.05) is 0 Å². The number of fused-ring (bicyclic) bond motifs is 5. The number of hydrogen-bond acceptors (Lipinski definition) is 2. The second kappa shape index (κ2) is 14.5. The highest BCUT2D eigenvalue weighted by Crippen LogP contribution is 2.42. The monoisotopic (exact) mass is 810 g/mol. The Balaban J connectivity index is 1.21. The molecule has 0 saturated heterocycles. The lowest BCUT2D eigenvalue weighted by Crippen LogP contribution is -2.29. The van der Waals surface area contributed by atoms with Gasteiger partial charge in [-0.1, -0.05) is 120 Å². The van der Waals surface area contributed by atoms with Crippen LogP contribution in [0.5, 0.6) is 11.5 Å². The molecule has 0 fully saturated rings. The predicted octanol–water partition coefficient (Wildman–Crippen LogP) is 13.6. The lowest BCUT2D eigenvalue weighted by atomic mass is 9.80. The molecule has 0 aliphatic heterocycles. The Labute approximate surface area is 377 Å². The van der Waals surface area contributed by atoms with Gasteiger partial charge in [0.2, 0.25) is 0 Å². The number of pyridine rings is 1. The number of benzene rings is 6. The average Bonchev–Trinajstić information content (AvgIpc) is 4.12. The molecule has 0 atom stereocenters. The summed E-state index contributed by atoms with van der Waals surface area (Å²) in [7, 11) is 0. The van der Waals surface area contributed by atoms with E-state index in [2.05, 4.69) is 64.7 Å². The van der Waals surface area contributed by atoms with Crippen LogP contribution in [0.1, 0.15) is 77.4 Å². The molecule has 6 nitrogen and oxygen atoms in total. The van der Waals surface area contributed by atoms with Crippen LogP contribution in [0.2, 0.25) is 0 Å². The second-order valence-electron chi connectivity index (χ2n) is 17.1. The van der Waals surface area contributed by atoms with Gasteiger partial charge < -0.3 is 9.30 Å². The van der Waals surface area contributed by atoms with Crippen LogP contribution in [0, 0.1) is 6.85 Å². The minimum absolute atomic E-state index is 0.00580. The topological polar surface area (TPSA) is 40.8 Å². The molecule has 0 unspecified atom stereocenters. The number of hydrogen-bond donors (Lipinski definition) is 0. The number of rotatable bonds is 7. The molecule has 0 aliphatic rings. The zero-order chi connectivity index (χ0) is 54.1. The highest BCUT2D eigenvalue weighted by Gasteiger charge is 2.25. The summed E-state index contributed by atoms with van der Waals surface area (Å²) < 4.78 is 138. The van der Waals surface area contributed by atoms with Gasteiger partial charge in [-0.3, -0.25) is 4.57 Å². The van der Waals surface area contributed by atoms with Crippen LogP contribution >= 0.6 is 0 Å². The summed E-state index contributed by atoms with van der Waals surface area (Å²) in [5.41, 5.74) is 3.68. The first kappa shape index (κ1) is 25.4. The van der Waals surface area contributed by atoms with Crippen LogP contribution in [0.3, 0.4) is 0 Å². The van der Waals surface area contributed by atoms with E-state index >= 15 is 0 Å². The highest BCUT2D eigenvalue weighted by atomic mass is 16.5. The molecule has 0 aliphatic carbocycles.